The molecule has 0 N–H and O–H groups in total. The first-order valence-electron chi connectivity index (χ1n) is 8.84. The van der Waals surface area contributed by atoms with Crippen LogP contribution in [0.3, 0.4) is 0 Å². The molecule has 3 saturated heterocycles. The normalized spacial score (nSPS) is 25.7. The Morgan fingerprint density at radius 2 is 1.73 bits per heavy atom. The summed E-state index contributed by atoms with van der Waals surface area (Å²) in [5, 5.41) is 0. The van der Waals surface area contributed by atoms with Gasteiger partial charge in [-0.1, -0.05) is 6.92 Å². The molecule has 0 aliphatic carbocycles. The van der Waals surface area contributed by atoms with Crippen molar-refractivity contribution in [2.75, 3.05) is 32.8 Å². The average molecular weight is 308 g/mol. The van der Waals surface area contributed by atoms with Crippen molar-refractivity contribution in [3.8, 4) is 0 Å². The van der Waals surface area contributed by atoms with E-state index in [1.165, 1.54) is 0 Å². The van der Waals surface area contributed by atoms with Crippen LogP contribution in [0.1, 0.15) is 51.9 Å². The van der Waals surface area contributed by atoms with Gasteiger partial charge in [0.25, 0.3) is 0 Å². The van der Waals surface area contributed by atoms with Gasteiger partial charge in [0.2, 0.25) is 11.8 Å². The maximum absolute atomic E-state index is 12.7. The van der Waals surface area contributed by atoms with Crippen LogP contribution < -0.4 is 0 Å². The van der Waals surface area contributed by atoms with Crippen molar-refractivity contribution in [1.29, 1.82) is 0 Å². The van der Waals surface area contributed by atoms with E-state index < -0.39 is 0 Å². The first kappa shape index (κ1) is 15.8. The molecule has 0 aromatic heterocycles. The van der Waals surface area contributed by atoms with Gasteiger partial charge >= 0.3 is 0 Å². The van der Waals surface area contributed by atoms with Crippen molar-refractivity contribution in [1.82, 2.24) is 9.80 Å². The molecule has 0 bridgehead atoms. The molecule has 0 aromatic carbocycles. The molecule has 2 amide bonds. The molecule has 5 heteroatoms. The molecule has 3 rings (SSSR count). The Hall–Kier alpha value is -1.10. The number of carbonyl (C=O) groups is 2. The molecule has 1 spiro atoms. The fourth-order valence-electron chi connectivity index (χ4n) is 4.14. The first-order chi connectivity index (χ1) is 10.6. The van der Waals surface area contributed by atoms with Crippen LogP contribution in [0.2, 0.25) is 0 Å². The van der Waals surface area contributed by atoms with Crippen LogP contribution >= 0.6 is 0 Å². The van der Waals surface area contributed by atoms with E-state index in [-0.39, 0.29) is 17.4 Å². The number of likely N-dealkylation sites (tertiary alicyclic amines) is 2. The Kier molecular flexibility index (Phi) is 4.71. The molecule has 0 saturated carbocycles. The highest BCUT2D eigenvalue weighted by Gasteiger charge is 2.40. The van der Waals surface area contributed by atoms with Crippen LogP contribution in [0.4, 0.5) is 0 Å². The van der Waals surface area contributed by atoms with Gasteiger partial charge in [0.05, 0.1) is 5.60 Å². The molecule has 3 fully saturated rings. The quantitative estimate of drug-likeness (QED) is 0.782. The minimum absolute atomic E-state index is 0.0771. The lowest BCUT2D eigenvalue weighted by Gasteiger charge is -2.41. The maximum Gasteiger partial charge on any atom is 0.225 e. The predicted molar refractivity (Wildman–Crippen MR) is 83.3 cm³/mol. The zero-order valence-electron chi connectivity index (χ0n) is 13.7. The zero-order valence-corrected chi connectivity index (χ0v) is 13.7. The van der Waals surface area contributed by atoms with Gasteiger partial charge in [-0.05, 0) is 38.5 Å². The summed E-state index contributed by atoms with van der Waals surface area (Å²) >= 11 is 0. The van der Waals surface area contributed by atoms with E-state index >= 15 is 0 Å². The number of rotatable bonds is 2. The van der Waals surface area contributed by atoms with Gasteiger partial charge in [0.15, 0.2) is 0 Å². The fraction of sp³-hybridized carbons (Fsp3) is 0.882. The topological polar surface area (TPSA) is 49.9 Å². The number of amides is 2. The molecule has 22 heavy (non-hydrogen) atoms. The van der Waals surface area contributed by atoms with E-state index in [0.717, 1.165) is 71.3 Å². The maximum atomic E-state index is 12.7. The standard InChI is InChI=1S/C17H28N2O3/c1-2-15(20)18-9-4-14(5-10-18)16(21)19-11-7-17(8-12-19)6-3-13-22-17/h14H,2-13H2,1H3. The van der Waals surface area contributed by atoms with Gasteiger partial charge in [-0.15, -0.1) is 0 Å². The minimum atomic E-state index is 0.0771. The second-order valence-corrected chi connectivity index (χ2v) is 6.97. The predicted octanol–water partition coefficient (Wildman–Crippen LogP) is 1.81. The van der Waals surface area contributed by atoms with Crippen LogP contribution in [0.15, 0.2) is 0 Å². The van der Waals surface area contributed by atoms with Gasteiger partial charge in [-0.25, -0.2) is 0 Å². The third-order valence-corrected chi connectivity index (χ3v) is 5.67. The van der Waals surface area contributed by atoms with Crippen LogP contribution in [0.25, 0.3) is 0 Å². The second-order valence-electron chi connectivity index (χ2n) is 6.97. The molecular weight excluding hydrogens is 280 g/mol. The highest BCUT2D eigenvalue weighted by atomic mass is 16.5. The Morgan fingerprint density at radius 3 is 2.27 bits per heavy atom. The summed E-state index contributed by atoms with van der Waals surface area (Å²) in [4.78, 5) is 28.3. The van der Waals surface area contributed by atoms with E-state index in [1.54, 1.807) is 0 Å². The monoisotopic (exact) mass is 308 g/mol. The van der Waals surface area contributed by atoms with Crippen LogP contribution in [-0.4, -0.2) is 60.0 Å². The summed E-state index contributed by atoms with van der Waals surface area (Å²) in [6.45, 7) is 5.94. The number of hydrogen-bond donors (Lipinski definition) is 0. The van der Waals surface area contributed by atoms with Gasteiger partial charge in [0, 0.05) is 45.1 Å². The molecule has 3 heterocycles. The van der Waals surface area contributed by atoms with E-state index in [4.69, 9.17) is 4.74 Å². The Morgan fingerprint density at radius 1 is 1.05 bits per heavy atom. The molecule has 0 aromatic rings. The minimum Gasteiger partial charge on any atom is -0.375 e. The Balaban J connectivity index is 1.48. The summed E-state index contributed by atoms with van der Waals surface area (Å²) < 4.78 is 5.93. The van der Waals surface area contributed by atoms with E-state index in [0.29, 0.717) is 12.3 Å². The van der Waals surface area contributed by atoms with Crippen LogP contribution in [0, 0.1) is 5.92 Å². The summed E-state index contributed by atoms with van der Waals surface area (Å²) in [6.07, 6.45) is 6.51. The number of carbonyl (C=O) groups excluding carboxylic acids is 2. The molecule has 0 radical (unpaired) electrons. The van der Waals surface area contributed by atoms with E-state index in [9.17, 15) is 9.59 Å². The molecular formula is C17H28N2O3. The Labute approximate surface area is 133 Å². The molecule has 5 nitrogen and oxygen atoms in total. The van der Waals surface area contributed by atoms with E-state index in [1.807, 2.05) is 16.7 Å². The van der Waals surface area contributed by atoms with Crippen molar-refractivity contribution in [3.05, 3.63) is 0 Å². The summed E-state index contributed by atoms with van der Waals surface area (Å²) in [7, 11) is 0. The lowest BCUT2D eigenvalue weighted by molar-refractivity contribution is -0.144. The van der Waals surface area contributed by atoms with Crippen LogP contribution in [-0.2, 0) is 14.3 Å². The van der Waals surface area contributed by atoms with Gasteiger partial charge in [0.1, 0.15) is 0 Å². The lowest BCUT2D eigenvalue weighted by Crippen LogP contribution is -2.50. The summed E-state index contributed by atoms with van der Waals surface area (Å²) in [5.41, 5.74) is 0.0771. The third kappa shape index (κ3) is 3.14. The molecule has 3 aliphatic heterocycles. The molecule has 3 aliphatic rings. The highest BCUT2D eigenvalue weighted by Crippen LogP contribution is 2.36. The molecule has 124 valence electrons. The number of piperidine rings is 2. The summed E-state index contributed by atoms with van der Waals surface area (Å²) in [5.74, 6) is 0.625. The average Bonchev–Trinajstić information content (AvgIpc) is 3.02. The van der Waals surface area contributed by atoms with Crippen molar-refractivity contribution >= 4 is 11.8 Å². The van der Waals surface area contributed by atoms with Crippen LogP contribution in [0.5, 0.6) is 0 Å². The second kappa shape index (κ2) is 6.57. The smallest absolute Gasteiger partial charge is 0.225 e. The highest BCUT2D eigenvalue weighted by molar-refractivity contribution is 5.80. The summed E-state index contributed by atoms with van der Waals surface area (Å²) in [6, 6.07) is 0. The third-order valence-electron chi connectivity index (χ3n) is 5.67. The van der Waals surface area contributed by atoms with Gasteiger partial charge < -0.3 is 14.5 Å². The lowest BCUT2D eigenvalue weighted by atomic mass is 9.87. The van der Waals surface area contributed by atoms with Gasteiger partial charge in [-0.3, -0.25) is 9.59 Å². The van der Waals surface area contributed by atoms with Crippen molar-refractivity contribution in [2.24, 2.45) is 5.92 Å². The zero-order chi connectivity index (χ0) is 15.6. The number of hydrogen-bond acceptors (Lipinski definition) is 3. The van der Waals surface area contributed by atoms with Crippen molar-refractivity contribution in [3.63, 3.8) is 0 Å². The number of ether oxygens (including phenoxy) is 1. The fourth-order valence-corrected chi connectivity index (χ4v) is 4.14. The van der Waals surface area contributed by atoms with Crippen molar-refractivity contribution in [2.45, 2.75) is 57.5 Å². The molecule has 0 unspecified atom stereocenters. The Bertz CT molecular complexity index is 414. The largest absolute Gasteiger partial charge is 0.375 e. The van der Waals surface area contributed by atoms with Gasteiger partial charge in [-0.2, -0.15) is 0 Å². The first-order valence-corrected chi connectivity index (χ1v) is 8.84. The SMILES string of the molecule is CCC(=O)N1CCC(C(=O)N2CCC3(CCCO3)CC2)CC1. The van der Waals surface area contributed by atoms with E-state index in [2.05, 4.69) is 0 Å². The van der Waals surface area contributed by atoms with Crippen molar-refractivity contribution < 1.29 is 14.3 Å². The molecule has 0 atom stereocenters. The number of nitrogens with zero attached hydrogens (tertiary/aromatic N) is 2.